The molecule has 0 aromatic rings. The number of carboxylic acids is 1. The zero-order valence-corrected chi connectivity index (χ0v) is 14.8. The summed E-state index contributed by atoms with van der Waals surface area (Å²) in [5, 5.41) is 27.2. The number of carbonyl (C=O) groups is 1. The van der Waals surface area contributed by atoms with Gasteiger partial charge in [0.15, 0.2) is 0 Å². The van der Waals surface area contributed by atoms with Crippen molar-refractivity contribution < 1.29 is 32.5 Å². The Bertz CT molecular complexity index is 598. The highest BCUT2D eigenvalue weighted by Crippen LogP contribution is 2.45. The summed E-state index contributed by atoms with van der Waals surface area (Å²) in [5.41, 5.74) is 9.54. The summed E-state index contributed by atoms with van der Waals surface area (Å²) in [7, 11) is -5.60. The van der Waals surface area contributed by atoms with Crippen LogP contribution in [0.15, 0.2) is 0 Å². The van der Waals surface area contributed by atoms with E-state index in [4.69, 9.17) is 25.7 Å². The maximum absolute atomic E-state index is 12.4. The topological polar surface area (TPSA) is 176 Å². The highest BCUT2D eigenvalue weighted by Gasteiger charge is 2.53. The van der Waals surface area contributed by atoms with Crippen molar-refractivity contribution in [3.63, 3.8) is 0 Å². The van der Waals surface area contributed by atoms with E-state index in [9.17, 15) is 18.3 Å². The molecule has 10 nitrogen and oxygen atoms in total. The van der Waals surface area contributed by atoms with E-state index in [0.29, 0.717) is 13.0 Å². The van der Waals surface area contributed by atoms with E-state index in [1.165, 1.54) is 0 Å². The second-order valence-electron chi connectivity index (χ2n) is 7.17. The van der Waals surface area contributed by atoms with Crippen LogP contribution in [0.25, 0.3) is 0 Å². The Kier molecular flexibility index (Phi) is 6.14. The SMILES string of the molecule is NCC1(COS(=O)(=O)N2C[C@H](CCCB(O)O)[C@](N)(C(=O)O)C2)CC1. The van der Waals surface area contributed by atoms with E-state index in [2.05, 4.69) is 0 Å². The van der Waals surface area contributed by atoms with E-state index >= 15 is 0 Å². The Morgan fingerprint density at radius 3 is 2.48 bits per heavy atom. The van der Waals surface area contributed by atoms with E-state index < -0.39 is 34.8 Å². The molecule has 12 heteroatoms. The van der Waals surface area contributed by atoms with Gasteiger partial charge in [-0.05, 0) is 25.6 Å². The number of hydrogen-bond acceptors (Lipinski definition) is 8. The van der Waals surface area contributed by atoms with Crippen molar-refractivity contribution in [3.05, 3.63) is 0 Å². The van der Waals surface area contributed by atoms with Gasteiger partial charge in [0.25, 0.3) is 0 Å². The molecule has 1 aliphatic heterocycles. The van der Waals surface area contributed by atoms with Crippen LogP contribution in [0, 0.1) is 11.3 Å². The van der Waals surface area contributed by atoms with Gasteiger partial charge in [-0.1, -0.05) is 6.42 Å². The number of nitrogens with two attached hydrogens (primary N) is 2. The lowest BCUT2D eigenvalue weighted by Crippen LogP contribution is -2.55. The first-order chi connectivity index (χ1) is 11.5. The molecule has 7 N–H and O–H groups in total. The molecule has 0 radical (unpaired) electrons. The average Bonchev–Trinajstić information content (AvgIpc) is 3.23. The van der Waals surface area contributed by atoms with Crippen molar-refractivity contribution in [3.8, 4) is 0 Å². The second kappa shape index (κ2) is 7.47. The lowest BCUT2D eigenvalue weighted by atomic mass is 9.78. The molecule has 2 aliphatic rings. The monoisotopic (exact) mass is 379 g/mol. The fourth-order valence-corrected chi connectivity index (χ4v) is 4.34. The molecular weight excluding hydrogens is 353 g/mol. The summed E-state index contributed by atoms with van der Waals surface area (Å²) in [6, 6.07) is 0. The first-order valence-corrected chi connectivity index (χ1v) is 9.64. The molecule has 0 aromatic carbocycles. The lowest BCUT2D eigenvalue weighted by Gasteiger charge is -2.25. The molecule has 2 rings (SSSR count). The summed E-state index contributed by atoms with van der Waals surface area (Å²) in [6.45, 7) is -0.145. The number of hydrogen-bond donors (Lipinski definition) is 5. The van der Waals surface area contributed by atoms with Gasteiger partial charge < -0.3 is 26.6 Å². The quantitative estimate of drug-likeness (QED) is 0.267. The molecule has 25 heavy (non-hydrogen) atoms. The average molecular weight is 379 g/mol. The molecule has 1 saturated carbocycles. The molecule has 2 atom stereocenters. The minimum Gasteiger partial charge on any atom is -0.480 e. The molecule has 0 bridgehead atoms. The Labute approximate surface area is 147 Å². The van der Waals surface area contributed by atoms with Crippen LogP contribution in [0.3, 0.4) is 0 Å². The van der Waals surface area contributed by atoms with Gasteiger partial charge in [-0.15, -0.1) is 0 Å². The van der Waals surface area contributed by atoms with Crippen molar-refractivity contribution in [2.45, 2.75) is 37.5 Å². The highest BCUT2D eigenvalue weighted by atomic mass is 32.2. The number of nitrogens with zero attached hydrogens (tertiary/aromatic N) is 1. The van der Waals surface area contributed by atoms with Crippen LogP contribution in [-0.4, -0.2) is 72.7 Å². The predicted octanol–water partition coefficient (Wildman–Crippen LogP) is -2.05. The van der Waals surface area contributed by atoms with Crippen molar-refractivity contribution in [1.29, 1.82) is 0 Å². The summed E-state index contributed by atoms with van der Waals surface area (Å²) in [4.78, 5) is 11.6. The smallest absolute Gasteiger partial charge is 0.451 e. The van der Waals surface area contributed by atoms with Gasteiger partial charge >= 0.3 is 23.4 Å². The standard InChI is InChI=1S/C13H26BN3O7S/c15-7-12(3-4-12)9-24-25(22,23)17-6-10(2-1-5-14(20)21)13(16,8-17)11(18)19/h10,20-21H,1-9,15-16H2,(H,18,19)/t10-,13-/m0/s1. The minimum atomic E-state index is -4.11. The first kappa shape index (κ1) is 20.6. The Hall–Kier alpha value is -0.755. The Balaban J connectivity index is 2.02. The van der Waals surface area contributed by atoms with E-state index in [-0.39, 0.29) is 37.9 Å². The lowest BCUT2D eigenvalue weighted by molar-refractivity contribution is -0.144. The van der Waals surface area contributed by atoms with Crippen molar-refractivity contribution in [1.82, 2.24) is 4.31 Å². The van der Waals surface area contributed by atoms with Crippen LogP contribution in [0.1, 0.15) is 25.7 Å². The molecule has 1 aliphatic carbocycles. The molecule has 0 aromatic heterocycles. The van der Waals surface area contributed by atoms with E-state index in [0.717, 1.165) is 17.1 Å². The first-order valence-electron chi connectivity index (χ1n) is 8.28. The van der Waals surface area contributed by atoms with Gasteiger partial charge in [-0.2, -0.15) is 12.7 Å². The largest absolute Gasteiger partial charge is 0.480 e. The predicted molar refractivity (Wildman–Crippen MR) is 89.4 cm³/mol. The van der Waals surface area contributed by atoms with E-state index in [1.807, 2.05) is 0 Å². The van der Waals surface area contributed by atoms with Crippen LogP contribution in [0.2, 0.25) is 6.32 Å². The number of aliphatic carboxylic acids is 1. The van der Waals surface area contributed by atoms with Gasteiger partial charge in [0, 0.05) is 31.0 Å². The van der Waals surface area contributed by atoms with Crippen LogP contribution in [0.4, 0.5) is 0 Å². The second-order valence-corrected chi connectivity index (χ2v) is 8.78. The third-order valence-corrected chi connectivity index (χ3v) is 6.55. The van der Waals surface area contributed by atoms with Crippen molar-refractivity contribution >= 4 is 23.4 Å². The van der Waals surface area contributed by atoms with Gasteiger partial charge in [0.1, 0.15) is 5.54 Å². The Morgan fingerprint density at radius 1 is 1.36 bits per heavy atom. The zero-order chi connectivity index (χ0) is 18.9. The number of rotatable bonds is 10. The highest BCUT2D eigenvalue weighted by molar-refractivity contribution is 7.84. The summed E-state index contributed by atoms with van der Waals surface area (Å²) < 4.78 is 30.8. The molecule has 0 unspecified atom stereocenters. The fraction of sp³-hybridized carbons (Fsp3) is 0.923. The molecule has 1 heterocycles. The van der Waals surface area contributed by atoms with Crippen LogP contribution in [0.5, 0.6) is 0 Å². The summed E-state index contributed by atoms with van der Waals surface area (Å²) in [6.07, 6.45) is 2.26. The van der Waals surface area contributed by atoms with Crippen molar-refractivity contribution in [2.75, 3.05) is 26.2 Å². The molecule has 1 saturated heterocycles. The minimum absolute atomic E-state index is 0.0195. The summed E-state index contributed by atoms with van der Waals surface area (Å²) >= 11 is 0. The van der Waals surface area contributed by atoms with Crippen LogP contribution >= 0.6 is 0 Å². The van der Waals surface area contributed by atoms with Crippen LogP contribution < -0.4 is 11.5 Å². The zero-order valence-electron chi connectivity index (χ0n) is 14.0. The van der Waals surface area contributed by atoms with Gasteiger partial charge in [-0.3, -0.25) is 8.98 Å². The Morgan fingerprint density at radius 2 is 2.00 bits per heavy atom. The molecule has 0 amide bonds. The van der Waals surface area contributed by atoms with Crippen molar-refractivity contribution in [2.24, 2.45) is 22.8 Å². The summed E-state index contributed by atoms with van der Waals surface area (Å²) in [5.74, 6) is -1.94. The number of carboxylic acid groups (broad SMARTS) is 1. The fourth-order valence-electron chi connectivity index (χ4n) is 3.06. The molecule has 144 valence electrons. The van der Waals surface area contributed by atoms with Gasteiger partial charge in [-0.25, -0.2) is 0 Å². The molecule has 0 spiro atoms. The molecule has 2 fully saturated rings. The normalized spacial score (nSPS) is 28.9. The van der Waals surface area contributed by atoms with E-state index in [1.54, 1.807) is 0 Å². The van der Waals surface area contributed by atoms with Gasteiger partial charge in [0.05, 0.1) is 6.61 Å². The van der Waals surface area contributed by atoms with Gasteiger partial charge in [0.2, 0.25) is 0 Å². The maximum atomic E-state index is 12.4. The maximum Gasteiger partial charge on any atom is 0.451 e. The third-order valence-electron chi connectivity index (χ3n) is 5.22. The molecular formula is C13H26BN3O7S. The van der Waals surface area contributed by atoms with Crippen LogP contribution in [-0.2, 0) is 19.3 Å². The third kappa shape index (κ3) is 4.70.